The van der Waals surface area contributed by atoms with E-state index in [-0.39, 0.29) is 11.8 Å². The maximum absolute atomic E-state index is 13.9. The van der Waals surface area contributed by atoms with Gasteiger partial charge in [0.25, 0.3) is 0 Å². The second-order valence-electron chi connectivity index (χ2n) is 10.0. The number of carbonyl (C=O) groups excluding carboxylic acids is 2. The van der Waals surface area contributed by atoms with Crippen molar-refractivity contribution in [3.8, 4) is 5.75 Å². The monoisotopic (exact) mass is 484 g/mol. The average Bonchev–Trinajstić information content (AvgIpc) is 2.77. The molecule has 1 saturated carbocycles. The molecule has 5 nitrogen and oxygen atoms in total. The molecule has 0 saturated heterocycles. The summed E-state index contributed by atoms with van der Waals surface area (Å²) in [4.78, 5) is 27.3. The molecule has 186 valence electrons. The van der Waals surface area contributed by atoms with E-state index in [1.807, 2.05) is 58.0 Å². The minimum absolute atomic E-state index is 0.0450. The summed E-state index contributed by atoms with van der Waals surface area (Å²) >= 11 is 0. The van der Waals surface area contributed by atoms with Gasteiger partial charge in [-0.15, -0.1) is 0 Å². The second kappa shape index (κ2) is 10.5. The summed E-state index contributed by atoms with van der Waals surface area (Å²) in [5.41, 5.74) is 5.89. The summed E-state index contributed by atoms with van der Waals surface area (Å²) < 4.78 is 5.38. The van der Waals surface area contributed by atoms with E-state index in [1.54, 1.807) is 7.11 Å². The van der Waals surface area contributed by atoms with Crippen LogP contribution < -0.4 is 15.4 Å². The molecule has 3 rings (SSSR count). The normalized spacial score (nSPS) is 15.3. The van der Waals surface area contributed by atoms with E-state index in [9.17, 15) is 9.59 Å². The van der Waals surface area contributed by atoms with Gasteiger partial charge in [-0.3, -0.25) is 0 Å². The molecule has 0 aliphatic heterocycles. The summed E-state index contributed by atoms with van der Waals surface area (Å²) in [6.07, 6.45) is 5.09. The van der Waals surface area contributed by atoms with Crippen molar-refractivity contribution in [1.29, 1.82) is 0 Å². The zero-order valence-corrected chi connectivity index (χ0v) is 22.9. The quantitative estimate of drug-likeness (QED) is 0.415. The van der Waals surface area contributed by atoms with Crippen molar-refractivity contribution < 1.29 is 14.3 Å². The zero-order valence-electron chi connectivity index (χ0n) is 21.9. The molecule has 1 aliphatic carbocycles. The van der Waals surface area contributed by atoms with Crippen LogP contribution in [-0.4, -0.2) is 42.6 Å². The molecule has 1 fully saturated rings. The molecular weight excluding hydrogens is 443 g/mol. The molecule has 0 spiro atoms. The number of nitrogens with one attached hydrogen (secondary N) is 2. The number of hydrogen-bond donors (Lipinski definition) is 2. The van der Waals surface area contributed by atoms with Crippen LogP contribution in [0.4, 0.5) is 11.4 Å². The van der Waals surface area contributed by atoms with Crippen molar-refractivity contribution in [3.05, 3.63) is 52.6 Å². The van der Waals surface area contributed by atoms with Gasteiger partial charge in [-0.25, -0.2) is 0 Å². The summed E-state index contributed by atoms with van der Waals surface area (Å²) in [5.74, 6) is 0.939. The van der Waals surface area contributed by atoms with Crippen LogP contribution in [0.5, 0.6) is 5.75 Å². The predicted octanol–water partition coefficient (Wildman–Crippen LogP) is 6.22. The van der Waals surface area contributed by atoms with Gasteiger partial charge in [-0.1, -0.05) is 0 Å². The fourth-order valence-electron chi connectivity index (χ4n) is 5.85. The Morgan fingerprint density at radius 1 is 0.912 bits per heavy atom. The fourth-order valence-corrected chi connectivity index (χ4v) is 11.2. The number of benzene rings is 2. The van der Waals surface area contributed by atoms with E-state index >= 15 is 0 Å². The number of ether oxygens (including phenoxy) is 1. The van der Waals surface area contributed by atoms with Gasteiger partial charge in [0.2, 0.25) is 0 Å². The van der Waals surface area contributed by atoms with Crippen LogP contribution in [0.25, 0.3) is 0 Å². The van der Waals surface area contributed by atoms with Crippen molar-refractivity contribution >= 4 is 30.5 Å². The molecule has 0 radical (unpaired) electrons. The Bertz CT molecular complexity index is 1030. The number of methoxy groups -OCH3 is 1. The Balaban J connectivity index is 1.89. The second-order valence-corrected chi connectivity index (χ2v) is 15.3. The standard InChI is InChI=1S/C28H41N2O3P/c1-8-34(9-2,18-24(31)29-25-19(3)12-10-13-20(25)4)28(14-11-15-28)27(32)30-26-21(5)16-23(33-7)17-22(26)6/h10,12-13,16-17,34H,8-9,11,14-15,18H2,1-7H3,(H,29,31)(H,30,32). The molecule has 0 unspecified atom stereocenters. The number of anilines is 2. The van der Waals surface area contributed by atoms with Crippen molar-refractivity contribution in [2.45, 2.75) is 66.0 Å². The SMILES string of the molecule is CC[PH](CC)(CC(=O)Nc1c(C)cccc1C)C1(C(=O)Nc2c(C)cc(OC)cc2C)CCC1. The molecule has 6 heteroatoms. The van der Waals surface area contributed by atoms with E-state index < -0.39 is 12.4 Å². The molecule has 2 N–H and O–H groups in total. The first-order valence-electron chi connectivity index (χ1n) is 12.5. The summed E-state index contributed by atoms with van der Waals surface area (Å²) in [7, 11) is -0.626. The number of hydrogen-bond acceptors (Lipinski definition) is 3. The minimum atomic E-state index is -2.28. The topological polar surface area (TPSA) is 67.4 Å². The Hall–Kier alpha value is -2.39. The Morgan fingerprint density at radius 3 is 1.88 bits per heavy atom. The van der Waals surface area contributed by atoms with Crippen LogP contribution in [0.3, 0.4) is 0 Å². The van der Waals surface area contributed by atoms with Crippen molar-refractivity contribution in [2.24, 2.45) is 0 Å². The first-order chi connectivity index (χ1) is 16.1. The number of carbonyl (C=O) groups is 2. The van der Waals surface area contributed by atoms with Gasteiger partial charge >= 0.3 is 205 Å². The summed E-state index contributed by atoms with van der Waals surface area (Å²) in [6.45, 7) is 12.4. The summed E-state index contributed by atoms with van der Waals surface area (Å²) in [6, 6.07) is 9.96. The third kappa shape index (κ3) is 4.73. The molecule has 2 amide bonds. The summed E-state index contributed by atoms with van der Waals surface area (Å²) in [5, 5.41) is 6.08. The zero-order chi connectivity index (χ0) is 25.1. The molecule has 0 atom stereocenters. The van der Waals surface area contributed by atoms with E-state index in [0.717, 1.165) is 71.0 Å². The molecule has 0 heterocycles. The van der Waals surface area contributed by atoms with E-state index in [4.69, 9.17) is 4.74 Å². The van der Waals surface area contributed by atoms with Gasteiger partial charge < -0.3 is 0 Å². The first-order valence-corrected chi connectivity index (χ1v) is 15.1. The molecule has 2 aromatic carbocycles. The van der Waals surface area contributed by atoms with E-state index in [0.29, 0.717) is 6.16 Å². The molecule has 0 aromatic heterocycles. The number of para-hydroxylation sites is 1. The third-order valence-corrected chi connectivity index (χ3v) is 14.7. The van der Waals surface area contributed by atoms with Gasteiger partial charge in [-0.2, -0.15) is 0 Å². The number of rotatable bonds is 9. The van der Waals surface area contributed by atoms with Crippen molar-refractivity contribution in [3.63, 3.8) is 0 Å². The number of amides is 2. The van der Waals surface area contributed by atoms with E-state index in [1.165, 1.54) is 0 Å². The third-order valence-electron chi connectivity index (χ3n) is 8.24. The molecule has 34 heavy (non-hydrogen) atoms. The average molecular weight is 485 g/mol. The van der Waals surface area contributed by atoms with Crippen molar-refractivity contribution in [2.75, 3.05) is 36.2 Å². The van der Waals surface area contributed by atoms with Crippen LogP contribution >= 0.6 is 7.26 Å². The fraction of sp³-hybridized carbons (Fsp3) is 0.500. The van der Waals surface area contributed by atoms with Crippen LogP contribution in [0.1, 0.15) is 55.4 Å². The molecule has 2 aromatic rings. The Labute approximate surface area is 205 Å². The molecule has 0 bridgehead atoms. The van der Waals surface area contributed by atoms with Crippen LogP contribution in [0, 0.1) is 27.7 Å². The van der Waals surface area contributed by atoms with Gasteiger partial charge in [0.15, 0.2) is 0 Å². The van der Waals surface area contributed by atoms with Crippen LogP contribution in [0.2, 0.25) is 0 Å². The van der Waals surface area contributed by atoms with Gasteiger partial charge in [0.1, 0.15) is 0 Å². The first kappa shape index (κ1) is 26.2. The predicted molar refractivity (Wildman–Crippen MR) is 146 cm³/mol. The molecule has 1 aliphatic rings. The molecular formula is C28H41N2O3P. The number of aryl methyl sites for hydroxylation is 4. The van der Waals surface area contributed by atoms with Crippen LogP contribution in [-0.2, 0) is 9.59 Å². The Kier molecular flexibility index (Phi) is 8.08. The van der Waals surface area contributed by atoms with Gasteiger partial charge in [0.05, 0.1) is 0 Å². The van der Waals surface area contributed by atoms with Crippen molar-refractivity contribution in [1.82, 2.24) is 0 Å². The van der Waals surface area contributed by atoms with E-state index in [2.05, 4.69) is 24.5 Å². The maximum atomic E-state index is 13.9. The van der Waals surface area contributed by atoms with Crippen LogP contribution in [0.15, 0.2) is 30.3 Å². The Morgan fingerprint density at radius 2 is 1.44 bits per heavy atom. The van der Waals surface area contributed by atoms with Gasteiger partial charge in [0, 0.05) is 0 Å². The van der Waals surface area contributed by atoms with Gasteiger partial charge in [-0.05, 0) is 0 Å².